The van der Waals surface area contributed by atoms with Gasteiger partial charge in [0.15, 0.2) is 0 Å². The van der Waals surface area contributed by atoms with Crippen LogP contribution in [0.15, 0.2) is 35.3 Å². The number of aromatic carboxylic acids is 1. The summed E-state index contributed by atoms with van der Waals surface area (Å²) in [5.41, 5.74) is 0.660. The summed E-state index contributed by atoms with van der Waals surface area (Å²) in [6.07, 6.45) is 1.47. The van der Waals surface area contributed by atoms with Crippen LogP contribution in [0, 0.1) is 10.5 Å². The number of aromatic nitrogens is 2. The summed E-state index contributed by atoms with van der Waals surface area (Å²) >= 11 is 2.19. The minimum absolute atomic E-state index is 0.476. The van der Waals surface area contributed by atoms with Gasteiger partial charge in [-0.3, -0.25) is 4.79 Å². The summed E-state index contributed by atoms with van der Waals surface area (Å²) in [4.78, 5) is 22.2. The fourth-order valence-corrected chi connectivity index (χ4v) is 2.02. The van der Waals surface area contributed by atoms with Crippen molar-refractivity contribution in [2.75, 3.05) is 0 Å². The maximum absolute atomic E-state index is 11.3. The third kappa shape index (κ3) is 2.28. The zero-order valence-corrected chi connectivity index (χ0v) is 11.6. The molecule has 0 saturated heterocycles. The Bertz CT molecular complexity index is 679. The molecule has 0 radical (unpaired) electrons. The van der Waals surface area contributed by atoms with Gasteiger partial charge in [0.25, 0.3) is 0 Å². The summed E-state index contributed by atoms with van der Waals surface area (Å²) < 4.78 is 2.45. The molecule has 5 nitrogen and oxygen atoms in total. The molecule has 1 aromatic carbocycles. The highest BCUT2D eigenvalue weighted by molar-refractivity contribution is 14.1. The molecule has 0 aliphatic heterocycles. The van der Waals surface area contributed by atoms with Crippen LogP contribution in [0.2, 0.25) is 0 Å². The van der Waals surface area contributed by atoms with Gasteiger partial charge in [-0.05, 0) is 47.2 Å². The van der Waals surface area contributed by atoms with E-state index in [4.69, 9.17) is 5.11 Å². The maximum Gasteiger partial charge on any atom is 0.360 e. The first kappa shape index (κ1) is 12.7. The standard InChI is InChI=1S/C12H9IN2O3/c1-7-8(13)3-2-4-9(7)15-6-5-10(16)11(14-15)12(17)18/h2-6H,1H3,(H,17,18). The molecule has 0 amide bonds. The largest absolute Gasteiger partial charge is 0.476 e. The Hall–Kier alpha value is -1.70. The molecule has 2 rings (SSSR count). The quantitative estimate of drug-likeness (QED) is 0.834. The highest BCUT2D eigenvalue weighted by Crippen LogP contribution is 2.18. The Morgan fingerprint density at radius 3 is 2.78 bits per heavy atom. The molecule has 0 saturated carbocycles. The predicted molar refractivity (Wildman–Crippen MR) is 74.2 cm³/mol. The van der Waals surface area contributed by atoms with Crippen LogP contribution in [0.3, 0.4) is 0 Å². The van der Waals surface area contributed by atoms with Gasteiger partial charge in [-0.2, -0.15) is 5.10 Å². The van der Waals surface area contributed by atoms with Crippen molar-refractivity contribution in [3.63, 3.8) is 0 Å². The van der Waals surface area contributed by atoms with Crippen molar-refractivity contribution in [3.05, 3.63) is 55.5 Å². The van der Waals surface area contributed by atoms with Gasteiger partial charge in [-0.1, -0.05) is 6.07 Å². The molecule has 0 unspecified atom stereocenters. The zero-order valence-electron chi connectivity index (χ0n) is 9.42. The summed E-state index contributed by atoms with van der Waals surface area (Å²) in [5, 5.41) is 12.7. The number of hydrogen-bond donors (Lipinski definition) is 1. The maximum atomic E-state index is 11.3. The van der Waals surface area contributed by atoms with Crippen molar-refractivity contribution in [2.24, 2.45) is 0 Å². The van der Waals surface area contributed by atoms with E-state index in [-0.39, 0.29) is 0 Å². The van der Waals surface area contributed by atoms with E-state index in [0.29, 0.717) is 0 Å². The number of carboxylic acid groups (broad SMARTS) is 1. The molecule has 0 fully saturated rings. The third-order valence-electron chi connectivity index (χ3n) is 2.50. The van der Waals surface area contributed by atoms with E-state index < -0.39 is 17.1 Å². The van der Waals surface area contributed by atoms with Crippen LogP contribution in [0.25, 0.3) is 5.69 Å². The second kappa shape index (κ2) is 4.89. The zero-order chi connectivity index (χ0) is 13.3. The summed E-state index contributed by atoms with van der Waals surface area (Å²) in [7, 11) is 0. The van der Waals surface area contributed by atoms with E-state index in [2.05, 4.69) is 27.7 Å². The summed E-state index contributed by atoms with van der Waals surface area (Å²) in [6, 6.07) is 6.82. The second-order valence-corrected chi connectivity index (χ2v) is 4.82. The van der Waals surface area contributed by atoms with Gasteiger partial charge in [-0.15, -0.1) is 0 Å². The van der Waals surface area contributed by atoms with Crippen LogP contribution >= 0.6 is 22.6 Å². The Labute approximate surface area is 116 Å². The van der Waals surface area contributed by atoms with E-state index in [0.717, 1.165) is 14.8 Å². The number of nitrogens with zero attached hydrogens (tertiary/aromatic N) is 2. The predicted octanol–water partition coefficient (Wildman–Crippen LogP) is 1.84. The average molecular weight is 356 g/mol. The van der Waals surface area contributed by atoms with Crippen LogP contribution < -0.4 is 5.43 Å². The molecular formula is C12H9IN2O3. The van der Waals surface area contributed by atoms with Crippen molar-refractivity contribution in [2.45, 2.75) is 6.92 Å². The Balaban J connectivity index is 2.65. The number of benzene rings is 1. The monoisotopic (exact) mass is 356 g/mol. The van der Waals surface area contributed by atoms with E-state index >= 15 is 0 Å². The van der Waals surface area contributed by atoms with E-state index in [1.807, 2.05) is 25.1 Å². The van der Waals surface area contributed by atoms with Gasteiger partial charge in [0, 0.05) is 15.8 Å². The molecule has 1 heterocycles. The van der Waals surface area contributed by atoms with Crippen LogP contribution in [-0.2, 0) is 0 Å². The van der Waals surface area contributed by atoms with Crippen LogP contribution in [0.1, 0.15) is 16.1 Å². The normalized spacial score (nSPS) is 10.3. The van der Waals surface area contributed by atoms with Crippen LogP contribution in [0.5, 0.6) is 0 Å². The van der Waals surface area contributed by atoms with Crippen molar-refractivity contribution in [1.29, 1.82) is 0 Å². The molecular weight excluding hydrogens is 347 g/mol. The average Bonchev–Trinajstić information content (AvgIpc) is 2.33. The molecule has 0 aliphatic carbocycles. The summed E-state index contributed by atoms with van der Waals surface area (Å²) in [5.74, 6) is -1.32. The van der Waals surface area contributed by atoms with Gasteiger partial charge in [0.2, 0.25) is 11.1 Å². The molecule has 0 aliphatic rings. The topological polar surface area (TPSA) is 72.2 Å². The molecule has 0 atom stereocenters. The fourth-order valence-electron chi connectivity index (χ4n) is 1.53. The molecule has 2 aromatic rings. The lowest BCUT2D eigenvalue weighted by Crippen LogP contribution is -2.20. The Morgan fingerprint density at radius 2 is 2.11 bits per heavy atom. The minimum Gasteiger partial charge on any atom is -0.476 e. The lowest BCUT2D eigenvalue weighted by atomic mass is 10.2. The first-order valence-electron chi connectivity index (χ1n) is 5.09. The SMILES string of the molecule is Cc1c(I)cccc1-n1ccc(=O)c(C(=O)O)n1. The van der Waals surface area contributed by atoms with E-state index in [1.165, 1.54) is 16.9 Å². The molecule has 0 bridgehead atoms. The summed E-state index contributed by atoms with van der Waals surface area (Å²) in [6.45, 7) is 1.91. The van der Waals surface area contributed by atoms with Gasteiger partial charge >= 0.3 is 5.97 Å². The van der Waals surface area contributed by atoms with E-state index in [9.17, 15) is 9.59 Å². The number of rotatable bonds is 2. The number of carbonyl (C=O) groups is 1. The fraction of sp³-hybridized carbons (Fsp3) is 0.0833. The van der Waals surface area contributed by atoms with Crippen molar-refractivity contribution < 1.29 is 9.90 Å². The van der Waals surface area contributed by atoms with Crippen molar-refractivity contribution in [1.82, 2.24) is 9.78 Å². The van der Waals surface area contributed by atoms with Gasteiger partial charge in [0.05, 0.1) is 5.69 Å². The lowest BCUT2D eigenvalue weighted by molar-refractivity contribution is 0.0687. The lowest BCUT2D eigenvalue weighted by Gasteiger charge is -2.10. The van der Waals surface area contributed by atoms with Gasteiger partial charge < -0.3 is 5.11 Å². The first-order chi connectivity index (χ1) is 8.50. The van der Waals surface area contributed by atoms with Crippen LogP contribution in [0.4, 0.5) is 0 Å². The molecule has 18 heavy (non-hydrogen) atoms. The molecule has 1 N–H and O–H groups in total. The number of carboxylic acids is 1. The van der Waals surface area contributed by atoms with Crippen LogP contribution in [-0.4, -0.2) is 20.9 Å². The molecule has 0 spiro atoms. The molecule has 1 aromatic heterocycles. The van der Waals surface area contributed by atoms with Crippen molar-refractivity contribution in [3.8, 4) is 5.69 Å². The molecule has 92 valence electrons. The Kier molecular flexibility index (Phi) is 3.46. The Morgan fingerprint density at radius 1 is 1.39 bits per heavy atom. The van der Waals surface area contributed by atoms with Crippen molar-refractivity contribution >= 4 is 28.6 Å². The minimum atomic E-state index is -1.32. The molecule has 6 heteroatoms. The van der Waals surface area contributed by atoms with Gasteiger partial charge in [0.1, 0.15) is 0 Å². The highest BCUT2D eigenvalue weighted by atomic mass is 127. The second-order valence-electron chi connectivity index (χ2n) is 3.66. The van der Waals surface area contributed by atoms with Gasteiger partial charge in [-0.25, -0.2) is 9.48 Å². The first-order valence-corrected chi connectivity index (χ1v) is 6.17. The van der Waals surface area contributed by atoms with E-state index in [1.54, 1.807) is 0 Å². The number of hydrogen-bond acceptors (Lipinski definition) is 3. The highest BCUT2D eigenvalue weighted by Gasteiger charge is 2.12. The number of halogens is 1. The third-order valence-corrected chi connectivity index (χ3v) is 3.67. The smallest absolute Gasteiger partial charge is 0.360 e.